The predicted molar refractivity (Wildman–Crippen MR) is 287 cm³/mol. The molecule has 0 radical (unpaired) electrons. The highest BCUT2D eigenvalue weighted by Crippen LogP contribution is 2.89. The molecule has 1 aromatic heterocycles. The molecule has 8 aromatic carbocycles. The van der Waals surface area contributed by atoms with E-state index in [2.05, 4.69) is 211 Å². The minimum absolute atomic E-state index is 0.160. The molecule has 4 aliphatic carbocycles. The van der Waals surface area contributed by atoms with E-state index in [0.29, 0.717) is 10.8 Å². The van der Waals surface area contributed by atoms with Crippen molar-refractivity contribution >= 4 is 54.6 Å². The zero-order valence-electron chi connectivity index (χ0n) is 39.9. The number of hydrogen-bond acceptors (Lipinski definition) is 1. The summed E-state index contributed by atoms with van der Waals surface area (Å²) in [5, 5.41) is 2.74. The van der Waals surface area contributed by atoms with Gasteiger partial charge in [0.2, 0.25) is 6.71 Å². The van der Waals surface area contributed by atoms with Crippen molar-refractivity contribution in [1.29, 1.82) is 0 Å². The van der Waals surface area contributed by atoms with E-state index in [9.17, 15) is 0 Å². The molecule has 0 aliphatic heterocycles. The fourth-order valence-electron chi connectivity index (χ4n) is 15.5. The highest BCUT2D eigenvalue weighted by Gasteiger charge is 2.83. The number of benzene rings is 8. The maximum absolute atomic E-state index is 2.54. The summed E-state index contributed by atoms with van der Waals surface area (Å²) in [5.74, 6) is 2.00. The Labute approximate surface area is 402 Å². The highest BCUT2D eigenvalue weighted by molar-refractivity contribution is 7.25. The lowest BCUT2D eigenvalue weighted by atomic mass is 9.34. The van der Waals surface area contributed by atoms with Crippen LogP contribution in [0.1, 0.15) is 99.2 Å². The Morgan fingerprint density at radius 3 is 1.60 bits per heavy atom. The van der Waals surface area contributed by atoms with Gasteiger partial charge in [0.05, 0.1) is 0 Å². The Kier molecular flexibility index (Phi) is 9.25. The molecule has 5 unspecified atom stereocenters. The average Bonchev–Trinajstić information content (AvgIpc) is 3.82. The Hall–Kier alpha value is -5.96. The Morgan fingerprint density at radius 1 is 0.478 bits per heavy atom. The van der Waals surface area contributed by atoms with Crippen molar-refractivity contribution < 1.29 is 0 Å². The molecule has 4 fully saturated rings. The summed E-state index contributed by atoms with van der Waals surface area (Å²) in [4.78, 5) is 0. The van der Waals surface area contributed by atoms with Crippen molar-refractivity contribution in [3.63, 3.8) is 0 Å². The average molecular weight is 883 g/mol. The van der Waals surface area contributed by atoms with Gasteiger partial charge >= 0.3 is 0 Å². The first-order valence-corrected chi connectivity index (χ1v) is 25.8. The van der Waals surface area contributed by atoms with Crippen LogP contribution in [-0.4, -0.2) is 6.71 Å². The van der Waals surface area contributed by atoms with Crippen LogP contribution in [0.5, 0.6) is 0 Å². The van der Waals surface area contributed by atoms with Gasteiger partial charge in [-0.15, -0.1) is 11.3 Å². The van der Waals surface area contributed by atoms with Gasteiger partial charge in [-0.2, -0.15) is 0 Å². The van der Waals surface area contributed by atoms with E-state index in [1.165, 1.54) is 130 Å². The zero-order valence-corrected chi connectivity index (χ0v) is 40.7. The Balaban J connectivity index is 0.827. The van der Waals surface area contributed by atoms with Crippen molar-refractivity contribution in [3.05, 3.63) is 231 Å². The topological polar surface area (TPSA) is 0 Å². The summed E-state index contributed by atoms with van der Waals surface area (Å²) in [6.45, 7) is 13.9. The third-order valence-corrected chi connectivity index (χ3v) is 19.2. The van der Waals surface area contributed by atoms with Gasteiger partial charge in [-0.25, -0.2) is 0 Å². The molecule has 0 N–H and O–H groups in total. The van der Waals surface area contributed by atoms with Gasteiger partial charge in [-0.05, 0) is 159 Å². The second-order valence-corrected chi connectivity index (χ2v) is 23.0. The fourth-order valence-corrected chi connectivity index (χ4v) is 16.5. The number of rotatable bonds is 9. The summed E-state index contributed by atoms with van der Waals surface area (Å²) in [6.07, 6.45) is 6.85. The van der Waals surface area contributed by atoms with Gasteiger partial charge in [-0.1, -0.05) is 201 Å². The second-order valence-electron chi connectivity index (χ2n) is 21.9. The fraction of sp³-hybridized carbons (Fsp3) is 0.262. The monoisotopic (exact) mass is 882 g/mol. The predicted octanol–water partition coefficient (Wildman–Crippen LogP) is 14.7. The van der Waals surface area contributed by atoms with Crippen LogP contribution in [0.25, 0.3) is 31.3 Å². The summed E-state index contributed by atoms with van der Waals surface area (Å²) < 4.78 is 2.72. The minimum atomic E-state index is 0.160. The lowest BCUT2D eigenvalue weighted by Crippen LogP contribution is -2.55. The highest BCUT2D eigenvalue weighted by atomic mass is 32.1. The molecular weight excluding hydrogens is 824 g/mol. The van der Waals surface area contributed by atoms with E-state index in [1.807, 2.05) is 11.3 Å². The van der Waals surface area contributed by atoms with Crippen molar-refractivity contribution in [2.45, 2.75) is 90.4 Å². The van der Waals surface area contributed by atoms with Gasteiger partial charge in [0.25, 0.3) is 0 Å². The first-order chi connectivity index (χ1) is 32.5. The molecule has 0 saturated heterocycles. The lowest BCUT2D eigenvalue weighted by Gasteiger charge is -2.49. The molecule has 2 bridgehead atoms. The largest absolute Gasteiger partial charge is 0.242 e. The molecular formula is C65H59BS. The summed E-state index contributed by atoms with van der Waals surface area (Å²) in [5.41, 5.74) is 23.4. The minimum Gasteiger partial charge on any atom is -0.135 e. The summed E-state index contributed by atoms with van der Waals surface area (Å²) in [6, 6.07) is 66.2. The number of thiophene rings is 1. The summed E-state index contributed by atoms with van der Waals surface area (Å²) in [7, 11) is 0. The molecule has 4 saturated carbocycles. The van der Waals surface area contributed by atoms with E-state index < -0.39 is 0 Å². The maximum atomic E-state index is 2.54. The standard InChI is InChI=1S/C65H59BS/c1-40-29-42(3)61(43(4)30-40)66(62-44(5)31-41(2)32-45(62)6)54-26-28-59-56(34-54)55-33-50(21-27-58(55)67-59)46-17-24-53(25-18-46)65-38-63(35-51-36-64(65,39-65)57(51)37-63)52-22-19-49(20-23-52)60(47-13-9-7-10-14-47)48-15-11-8-12-16-48/h7-34,51,57,60H,35-39H2,1-6H3. The first-order valence-electron chi connectivity index (χ1n) is 25.0. The van der Waals surface area contributed by atoms with Crippen molar-refractivity contribution in [2.24, 2.45) is 17.3 Å². The third-order valence-electron chi connectivity index (χ3n) is 18.0. The first kappa shape index (κ1) is 41.2. The molecule has 0 amide bonds. The van der Waals surface area contributed by atoms with Gasteiger partial charge < -0.3 is 0 Å². The van der Waals surface area contributed by atoms with Gasteiger partial charge in [-0.3, -0.25) is 0 Å². The molecule has 1 spiro atoms. The molecule has 4 aliphatic rings. The Morgan fingerprint density at radius 2 is 1.00 bits per heavy atom. The smallest absolute Gasteiger partial charge is 0.135 e. The maximum Gasteiger partial charge on any atom is 0.242 e. The van der Waals surface area contributed by atoms with Crippen LogP contribution >= 0.6 is 11.3 Å². The van der Waals surface area contributed by atoms with Crippen LogP contribution in [-0.2, 0) is 10.8 Å². The van der Waals surface area contributed by atoms with Crippen LogP contribution < -0.4 is 16.4 Å². The molecule has 328 valence electrons. The molecule has 9 aromatic rings. The molecule has 2 heteroatoms. The number of fused-ring (bicyclic) bond motifs is 4. The van der Waals surface area contributed by atoms with E-state index in [-0.39, 0.29) is 18.0 Å². The third kappa shape index (κ3) is 6.24. The van der Waals surface area contributed by atoms with Crippen LogP contribution in [0, 0.1) is 58.8 Å². The number of aryl methyl sites for hydroxylation is 6. The normalized spacial score (nSPS) is 23.4. The molecule has 1 heterocycles. The quantitative estimate of drug-likeness (QED) is 0.100. The van der Waals surface area contributed by atoms with Crippen molar-refractivity contribution in [2.75, 3.05) is 0 Å². The van der Waals surface area contributed by atoms with Gasteiger partial charge in [0.15, 0.2) is 0 Å². The Bertz CT molecular complexity index is 3270. The van der Waals surface area contributed by atoms with Crippen LogP contribution in [0.3, 0.4) is 0 Å². The van der Waals surface area contributed by atoms with Gasteiger partial charge in [0.1, 0.15) is 0 Å². The van der Waals surface area contributed by atoms with Crippen LogP contribution in [0.4, 0.5) is 0 Å². The van der Waals surface area contributed by atoms with Crippen LogP contribution in [0.15, 0.2) is 170 Å². The SMILES string of the molecule is Cc1cc(C)c(B(c2ccc3sc4ccc(-c5ccc(C67CC8(c9ccc(C(c%10ccccc%10)c%10ccccc%10)cc9)CC9CC6(C7)C9C8)cc5)cc4c3c2)c2c(C)cc(C)cc2C)c(C)c1. The molecule has 13 rings (SSSR count). The lowest BCUT2D eigenvalue weighted by molar-refractivity contribution is 0.0415. The molecule has 0 nitrogen and oxygen atoms in total. The second kappa shape index (κ2) is 15.0. The summed E-state index contributed by atoms with van der Waals surface area (Å²) >= 11 is 1.93. The van der Waals surface area contributed by atoms with E-state index in [1.54, 1.807) is 11.1 Å². The van der Waals surface area contributed by atoms with Crippen molar-refractivity contribution in [3.8, 4) is 11.1 Å². The van der Waals surface area contributed by atoms with E-state index in [0.717, 1.165) is 11.8 Å². The van der Waals surface area contributed by atoms with E-state index in [4.69, 9.17) is 0 Å². The number of hydrogen-bond donors (Lipinski definition) is 0. The van der Waals surface area contributed by atoms with Gasteiger partial charge in [0, 0.05) is 26.1 Å². The van der Waals surface area contributed by atoms with Crippen LogP contribution in [0.2, 0.25) is 0 Å². The molecule has 67 heavy (non-hydrogen) atoms. The van der Waals surface area contributed by atoms with Crippen molar-refractivity contribution in [1.82, 2.24) is 0 Å². The molecule has 5 atom stereocenters. The zero-order chi connectivity index (χ0) is 45.4. The van der Waals surface area contributed by atoms with E-state index >= 15 is 0 Å².